The molecule has 166 valence electrons. The Labute approximate surface area is 190 Å². The molecule has 7 nitrogen and oxygen atoms in total. The molecular weight excluding hydrogens is 420 g/mol. The van der Waals surface area contributed by atoms with Gasteiger partial charge < -0.3 is 24.4 Å². The summed E-state index contributed by atoms with van der Waals surface area (Å²) in [5.41, 5.74) is 2.46. The molecule has 1 atom stereocenters. The molecule has 3 aromatic rings. The molecule has 0 aliphatic carbocycles. The number of fused-ring (bicyclic) bond motifs is 5. The second kappa shape index (κ2) is 7.55. The van der Waals surface area contributed by atoms with Crippen LogP contribution in [0.5, 0.6) is 17.2 Å². The second-order valence-electron chi connectivity index (χ2n) is 8.39. The Morgan fingerprint density at radius 2 is 1.67 bits per heavy atom. The molecule has 1 spiro atoms. The first-order valence-electron chi connectivity index (χ1n) is 11.0. The monoisotopic (exact) mass is 442 g/mol. The van der Waals surface area contributed by atoms with Gasteiger partial charge >= 0.3 is 0 Å². The van der Waals surface area contributed by atoms with Gasteiger partial charge in [-0.15, -0.1) is 0 Å². The molecule has 0 aromatic heterocycles. The molecule has 6 rings (SSSR count). The lowest BCUT2D eigenvalue weighted by Gasteiger charge is -2.23. The molecule has 2 amide bonds. The van der Waals surface area contributed by atoms with Crippen molar-refractivity contribution in [1.82, 2.24) is 5.32 Å². The molecular formula is C26H22N2O5. The molecule has 3 aromatic carbocycles. The maximum atomic E-state index is 13.9. The van der Waals surface area contributed by atoms with Crippen molar-refractivity contribution >= 4 is 17.5 Å². The number of hydrogen-bond donors (Lipinski definition) is 1. The summed E-state index contributed by atoms with van der Waals surface area (Å²) < 4.78 is 17.0. The van der Waals surface area contributed by atoms with Crippen LogP contribution in [0.3, 0.4) is 0 Å². The molecule has 3 heterocycles. The Balaban J connectivity index is 1.27. The zero-order chi connectivity index (χ0) is 22.4. The molecule has 33 heavy (non-hydrogen) atoms. The number of carbonyl (C=O) groups is 2. The summed E-state index contributed by atoms with van der Waals surface area (Å²) in [5.74, 6) is 1.45. The lowest BCUT2D eigenvalue weighted by atomic mass is 9.77. The fourth-order valence-corrected chi connectivity index (χ4v) is 4.91. The van der Waals surface area contributed by atoms with E-state index in [-0.39, 0.29) is 31.8 Å². The number of amides is 2. The van der Waals surface area contributed by atoms with Crippen LogP contribution in [-0.4, -0.2) is 38.3 Å². The summed E-state index contributed by atoms with van der Waals surface area (Å²) in [6.07, 6.45) is 0.732. The van der Waals surface area contributed by atoms with Crippen LogP contribution in [0.1, 0.15) is 16.7 Å². The van der Waals surface area contributed by atoms with E-state index in [0.29, 0.717) is 23.8 Å². The first kappa shape index (κ1) is 19.7. The van der Waals surface area contributed by atoms with Crippen LogP contribution < -0.4 is 24.4 Å². The first-order valence-corrected chi connectivity index (χ1v) is 11.0. The molecule has 1 N–H and O–H groups in total. The van der Waals surface area contributed by atoms with E-state index in [9.17, 15) is 9.59 Å². The minimum absolute atomic E-state index is 0.0493. The zero-order valence-corrected chi connectivity index (χ0v) is 17.9. The number of nitrogens with zero attached hydrogens (tertiary/aromatic N) is 1. The van der Waals surface area contributed by atoms with Gasteiger partial charge in [0.15, 0.2) is 11.5 Å². The van der Waals surface area contributed by atoms with Gasteiger partial charge in [-0.3, -0.25) is 9.59 Å². The third kappa shape index (κ3) is 3.03. The molecule has 0 radical (unpaired) electrons. The average Bonchev–Trinajstić information content (AvgIpc) is 3.51. The summed E-state index contributed by atoms with van der Waals surface area (Å²) in [6, 6.07) is 21.2. The Bertz CT molecular complexity index is 1260. The molecule has 3 aliphatic rings. The van der Waals surface area contributed by atoms with Gasteiger partial charge in [0.1, 0.15) is 24.3 Å². The Morgan fingerprint density at radius 3 is 2.52 bits per heavy atom. The van der Waals surface area contributed by atoms with Crippen LogP contribution in [-0.2, 0) is 21.4 Å². The molecule has 0 bridgehead atoms. The number of para-hydroxylation sites is 1. The largest absolute Gasteiger partial charge is 0.491 e. The topological polar surface area (TPSA) is 77.1 Å². The van der Waals surface area contributed by atoms with Crippen molar-refractivity contribution in [3.63, 3.8) is 0 Å². The summed E-state index contributed by atoms with van der Waals surface area (Å²) in [6.45, 7) is 0.775. The summed E-state index contributed by atoms with van der Waals surface area (Å²) in [4.78, 5) is 28.2. The Kier molecular flexibility index (Phi) is 4.50. The third-order valence-corrected chi connectivity index (χ3v) is 6.52. The maximum Gasteiger partial charge on any atom is 0.246 e. The van der Waals surface area contributed by atoms with Gasteiger partial charge in [-0.2, -0.15) is 0 Å². The molecule has 0 saturated heterocycles. The van der Waals surface area contributed by atoms with Gasteiger partial charge in [0.05, 0.1) is 0 Å². The van der Waals surface area contributed by atoms with E-state index < -0.39 is 5.41 Å². The third-order valence-electron chi connectivity index (χ3n) is 6.52. The number of benzene rings is 3. The minimum Gasteiger partial charge on any atom is -0.491 e. The lowest BCUT2D eigenvalue weighted by Crippen LogP contribution is -2.46. The fraction of sp³-hybridized carbons (Fsp3) is 0.231. The predicted molar refractivity (Wildman–Crippen MR) is 121 cm³/mol. The number of rotatable bonds is 5. The number of ether oxygens (including phenoxy) is 3. The van der Waals surface area contributed by atoms with Crippen molar-refractivity contribution in [2.45, 2.75) is 11.8 Å². The van der Waals surface area contributed by atoms with Crippen molar-refractivity contribution in [3.8, 4) is 17.2 Å². The summed E-state index contributed by atoms with van der Waals surface area (Å²) in [5, 5.41) is 2.94. The van der Waals surface area contributed by atoms with E-state index >= 15 is 0 Å². The van der Waals surface area contributed by atoms with Gasteiger partial charge in [0.25, 0.3) is 0 Å². The van der Waals surface area contributed by atoms with E-state index in [4.69, 9.17) is 14.2 Å². The van der Waals surface area contributed by atoms with Crippen LogP contribution in [0.25, 0.3) is 0 Å². The fourth-order valence-electron chi connectivity index (χ4n) is 4.91. The van der Waals surface area contributed by atoms with E-state index in [2.05, 4.69) is 5.32 Å². The molecule has 0 saturated carbocycles. The Morgan fingerprint density at radius 1 is 0.909 bits per heavy atom. The maximum absolute atomic E-state index is 13.9. The summed E-state index contributed by atoms with van der Waals surface area (Å²) in [7, 11) is 0. The molecule has 3 aliphatic heterocycles. The van der Waals surface area contributed by atoms with Crippen LogP contribution >= 0.6 is 0 Å². The van der Waals surface area contributed by atoms with E-state index in [1.54, 1.807) is 11.0 Å². The van der Waals surface area contributed by atoms with E-state index in [0.717, 1.165) is 28.8 Å². The van der Waals surface area contributed by atoms with Gasteiger partial charge in [-0.25, -0.2) is 0 Å². The SMILES string of the molecule is O=C(CN1C(=O)C2(COc3cc4c(cc32)OCO4)c2ccccc21)NCCc1ccccc1. The highest BCUT2D eigenvalue weighted by molar-refractivity contribution is 6.13. The number of hydrogen-bond acceptors (Lipinski definition) is 5. The number of nitrogens with one attached hydrogen (secondary N) is 1. The van der Waals surface area contributed by atoms with Crippen molar-refractivity contribution in [2.24, 2.45) is 0 Å². The highest BCUT2D eigenvalue weighted by Gasteiger charge is 2.57. The van der Waals surface area contributed by atoms with Crippen molar-refractivity contribution in [2.75, 3.05) is 31.4 Å². The number of anilines is 1. The van der Waals surface area contributed by atoms with Crippen LogP contribution in [0, 0.1) is 0 Å². The highest BCUT2D eigenvalue weighted by Crippen LogP contribution is 2.54. The molecule has 0 fully saturated rings. The predicted octanol–water partition coefficient (Wildman–Crippen LogP) is 2.80. The standard InChI is InChI=1S/C26H22N2O5/c29-24(27-11-10-17-6-2-1-3-7-17)14-28-20-9-5-4-8-18(20)26(25(28)30)15-31-21-13-23-22(12-19(21)26)32-16-33-23/h1-9,12-13H,10-11,14-16H2,(H,27,29). The van der Waals surface area contributed by atoms with E-state index in [1.807, 2.05) is 60.7 Å². The number of carbonyl (C=O) groups excluding carboxylic acids is 2. The van der Waals surface area contributed by atoms with Crippen LogP contribution in [0.4, 0.5) is 5.69 Å². The summed E-state index contributed by atoms with van der Waals surface area (Å²) >= 11 is 0. The normalized spacial score (nSPS) is 19.4. The van der Waals surface area contributed by atoms with Crippen molar-refractivity contribution < 1.29 is 23.8 Å². The van der Waals surface area contributed by atoms with Crippen molar-refractivity contribution in [1.29, 1.82) is 0 Å². The quantitative estimate of drug-likeness (QED) is 0.658. The van der Waals surface area contributed by atoms with Gasteiger partial charge in [0, 0.05) is 23.9 Å². The van der Waals surface area contributed by atoms with Crippen LogP contribution in [0.2, 0.25) is 0 Å². The van der Waals surface area contributed by atoms with Gasteiger partial charge in [-0.1, -0.05) is 48.5 Å². The van der Waals surface area contributed by atoms with E-state index in [1.165, 1.54) is 0 Å². The zero-order valence-electron chi connectivity index (χ0n) is 17.9. The van der Waals surface area contributed by atoms with Crippen LogP contribution in [0.15, 0.2) is 66.7 Å². The highest BCUT2D eigenvalue weighted by atomic mass is 16.7. The first-order chi connectivity index (χ1) is 16.2. The van der Waals surface area contributed by atoms with Gasteiger partial charge in [-0.05, 0) is 29.7 Å². The van der Waals surface area contributed by atoms with Gasteiger partial charge in [0.2, 0.25) is 18.6 Å². The minimum atomic E-state index is -1.00. The smallest absolute Gasteiger partial charge is 0.246 e. The molecule has 7 heteroatoms. The van der Waals surface area contributed by atoms with Crippen molar-refractivity contribution in [3.05, 3.63) is 83.4 Å². The second-order valence-corrected chi connectivity index (χ2v) is 8.39. The molecule has 1 unspecified atom stereocenters. The average molecular weight is 442 g/mol. The Hall–Kier alpha value is -4.00. The lowest BCUT2D eigenvalue weighted by molar-refractivity contribution is -0.125.